The Labute approximate surface area is 197 Å². The van der Waals surface area contributed by atoms with Gasteiger partial charge in [0.15, 0.2) is 27.8 Å². The average Bonchev–Trinajstić information content (AvgIpc) is 3.38. The zero-order valence-electron chi connectivity index (χ0n) is 17.6. The van der Waals surface area contributed by atoms with Gasteiger partial charge < -0.3 is 41.1 Å². The van der Waals surface area contributed by atoms with Crippen molar-refractivity contribution in [1.29, 1.82) is 0 Å². The molecule has 2 aromatic heterocycles. The highest BCUT2D eigenvalue weighted by atomic mass is 31.2. The molecule has 1 aliphatic rings. The molecule has 2 unspecified atom stereocenters. The lowest BCUT2D eigenvalue weighted by molar-refractivity contribution is -0.137. The SMILES string of the molecule is Nc1ncnc2c1ncn2[C@@H]1O[C@H](CO[P+](=O)O[P+](=O)O)[C@@H](O)[C@H]1O.O=C(CO)[C@H](O)[C@H](O)CO. The Kier molecular flexibility index (Phi) is 11.0. The van der Waals surface area contributed by atoms with E-state index in [2.05, 4.69) is 19.3 Å². The summed E-state index contributed by atoms with van der Waals surface area (Å²) in [6.07, 6.45) is -5.53. The summed E-state index contributed by atoms with van der Waals surface area (Å²) < 4.78 is 37.3. The first-order valence-electron chi connectivity index (χ1n) is 9.51. The van der Waals surface area contributed by atoms with E-state index in [0.717, 1.165) is 0 Å². The summed E-state index contributed by atoms with van der Waals surface area (Å²) in [6, 6.07) is 0. The van der Waals surface area contributed by atoms with E-state index in [-0.39, 0.29) is 11.5 Å². The number of hydrogen-bond donors (Lipinski definition) is 8. The van der Waals surface area contributed by atoms with Crippen molar-refractivity contribution in [1.82, 2.24) is 19.5 Å². The lowest BCUT2D eigenvalue weighted by Crippen LogP contribution is -2.37. The molecule has 0 spiro atoms. The monoisotopic (exact) mass is 543 g/mol. The number of ether oxygens (including phenoxy) is 1. The molecule has 1 aliphatic heterocycles. The van der Waals surface area contributed by atoms with Gasteiger partial charge in [0.25, 0.3) is 0 Å². The van der Waals surface area contributed by atoms with Gasteiger partial charge in [-0.05, 0) is 0 Å². The van der Waals surface area contributed by atoms with Crippen molar-refractivity contribution in [2.75, 3.05) is 25.6 Å². The van der Waals surface area contributed by atoms with Crippen LogP contribution in [0.2, 0.25) is 0 Å². The number of Topliss-reactive ketones (excluding diaryl/α,β-unsaturated/α-hetero) is 1. The van der Waals surface area contributed by atoms with Gasteiger partial charge in [-0.25, -0.2) is 15.0 Å². The van der Waals surface area contributed by atoms with Gasteiger partial charge >= 0.3 is 16.5 Å². The van der Waals surface area contributed by atoms with Crippen LogP contribution in [0.15, 0.2) is 12.7 Å². The molecule has 0 amide bonds. The molecule has 0 saturated carbocycles. The molecule has 1 fully saturated rings. The Bertz CT molecular complexity index is 1040. The van der Waals surface area contributed by atoms with Crippen LogP contribution in [-0.2, 0) is 27.5 Å². The van der Waals surface area contributed by atoms with Gasteiger partial charge in [-0.1, -0.05) is 0 Å². The Morgan fingerprint density at radius 1 is 1.20 bits per heavy atom. The summed E-state index contributed by atoms with van der Waals surface area (Å²) in [5, 5.41) is 53.9. The Balaban J connectivity index is 0.000000367. The molecule has 18 nitrogen and oxygen atoms in total. The smallest absolute Gasteiger partial charge is 0.394 e. The lowest BCUT2D eigenvalue weighted by atomic mass is 10.1. The van der Waals surface area contributed by atoms with Gasteiger partial charge in [0, 0.05) is 9.13 Å². The zero-order chi connectivity index (χ0) is 26.3. The summed E-state index contributed by atoms with van der Waals surface area (Å²) in [5.41, 5.74) is 6.28. The minimum absolute atomic E-state index is 0.143. The minimum atomic E-state index is -3.09. The zero-order valence-corrected chi connectivity index (χ0v) is 19.4. The van der Waals surface area contributed by atoms with Gasteiger partial charge in [-0.3, -0.25) is 9.36 Å². The van der Waals surface area contributed by atoms with E-state index in [1.807, 2.05) is 0 Å². The predicted octanol–water partition coefficient (Wildman–Crippen LogP) is -3.37. The highest BCUT2D eigenvalue weighted by Gasteiger charge is 2.47. The highest BCUT2D eigenvalue weighted by Crippen LogP contribution is 2.38. The maximum Gasteiger partial charge on any atom is 0.747 e. The summed E-state index contributed by atoms with van der Waals surface area (Å²) in [7, 11) is -5.97. The molecule has 3 rings (SSSR count). The Morgan fingerprint density at radius 2 is 1.89 bits per heavy atom. The molecule has 8 atom stereocenters. The molecule has 194 valence electrons. The van der Waals surface area contributed by atoms with Crippen LogP contribution >= 0.6 is 16.5 Å². The second-order valence-corrected chi connectivity index (χ2v) is 8.62. The van der Waals surface area contributed by atoms with Gasteiger partial charge in [-0.2, -0.15) is 0 Å². The molecule has 3 heterocycles. The van der Waals surface area contributed by atoms with E-state index in [9.17, 15) is 24.1 Å². The van der Waals surface area contributed by atoms with E-state index in [1.165, 1.54) is 17.2 Å². The first-order valence-corrected chi connectivity index (χ1v) is 11.7. The number of nitrogens with two attached hydrogens (primary N) is 1. The number of ketones is 1. The number of aliphatic hydroxyl groups is 6. The molecule has 35 heavy (non-hydrogen) atoms. The number of anilines is 1. The van der Waals surface area contributed by atoms with Gasteiger partial charge in [0.1, 0.15) is 55.6 Å². The average molecular weight is 543 g/mol. The van der Waals surface area contributed by atoms with Crippen LogP contribution in [0.3, 0.4) is 0 Å². The molecule has 20 heteroatoms. The predicted molar refractivity (Wildman–Crippen MR) is 111 cm³/mol. The fraction of sp³-hybridized carbons (Fsp3) is 0.600. The molecule has 1 saturated heterocycles. The van der Waals surface area contributed by atoms with Crippen molar-refractivity contribution in [3.8, 4) is 0 Å². The van der Waals surface area contributed by atoms with Gasteiger partial charge in [0.2, 0.25) is 0 Å². The van der Waals surface area contributed by atoms with E-state index >= 15 is 0 Å². The second kappa shape index (κ2) is 13.2. The fourth-order valence-corrected chi connectivity index (χ4v) is 3.69. The van der Waals surface area contributed by atoms with Crippen molar-refractivity contribution < 1.29 is 63.0 Å². The number of aromatic nitrogens is 4. The first kappa shape index (κ1) is 29.1. The van der Waals surface area contributed by atoms with Crippen molar-refractivity contribution in [3.63, 3.8) is 0 Å². The first-order chi connectivity index (χ1) is 16.5. The number of carbonyl (C=O) groups excluding carboxylic acids is 1. The molecule has 0 radical (unpaired) electrons. The Morgan fingerprint density at radius 3 is 2.49 bits per heavy atom. The summed E-state index contributed by atoms with van der Waals surface area (Å²) >= 11 is 0. The molecule has 0 aromatic carbocycles. The largest absolute Gasteiger partial charge is 0.747 e. The van der Waals surface area contributed by atoms with Crippen LogP contribution < -0.4 is 5.73 Å². The van der Waals surface area contributed by atoms with Crippen molar-refractivity contribution in [2.45, 2.75) is 36.7 Å². The number of fused-ring (bicyclic) bond motifs is 1. The number of carbonyl (C=O) groups is 1. The third-order valence-corrected chi connectivity index (χ3v) is 5.97. The summed E-state index contributed by atoms with van der Waals surface area (Å²) in [5.74, 6) is -0.759. The second-order valence-electron chi connectivity index (χ2n) is 6.79. The van der Waals surface area contributed by atoms with Crippen molar-refractivity contribution >= 4 is 39.3 Å². The number of hydrogen-bond acceptors (Lipinski definition) is 16. The van der Waals surface area contributed by atoms with Gasteiger partial charge in [0.05, 0.1) is 12.9 Å². The van der Waals surface area contributed by atoms with Crippen molar-refractivity contribution in [2.24, 2.45) is 0 Å². The van der Waals surface area contributed by atoms with Crippen LogP contribution in [0.5, 0.6) is 0 Å². The Hall–Kier alpha value is -2.18. The number of nitrogens with zero attached hydrogens (tertiary/aromatic N) is 4. The molecule has 0 bridgehead atoms. The quantitative estimate of drug-likeness (QED) is 0.136. The standard InChI is InChI=1S/C10H12N5O8P2.C5H10O5/c11-8-5-9(13-2-12-8)15(3-14-5)10-7(17)6(16)4(22-10)1-21-25(20)23-24(18)19;6-1-3(8)5(10)4(9)2-7/h2-4,6-7,10,16-17H,1H2,(H2-,11,12,13,18,19);3,5-8,10H,1-2H2/q+1;/p+1/t4-,6-,7-,10-;3-,5-/m11/s1. The van der Waals surface area contributed by atoms with E-state index in [0.29, 0.717) is 5.52 Å². The molecular weight excluding hydrogens is 520 g/mol. The van der Waals surface area contributed by atoms with Crippen LogP contribution in [0.4, 0.5) is 5.82 Å². The van der Waals surface area contributed by atoms with E-state index < -0.39 is 78.9 Å². The van der Waals surface area contributed by atoms with Crippen LogP contribution in [0.25, 0.3) is 11.2 Å². The van der Waals surface area contributed by atoms with E-state index in [1.54, 1.807) is 0 Å². The van der Waals surface area contributed by atoms with Crippen LogP contribution in [-0.4, -0.2) is 111 Å². The van der Waals surface area contributed by atoms with Gasteiger partial charge in [-0.15, -0.1) is 9.42 Å². The van der Waals surface area contributed by atoms with Crippen LogP contribution in [0, 0.1) is 0 Å². The third kappa shape index (κ3) is 7.40. The number of rotatable bonds is 10. The maximum atomic E-state index is 11.2. The minimum Gasteiger partial charge on any atom is -0.394 e. The number of nitrogen functional groups attached to an aromatic ring is 1. The fourth-order valence-electron chi connectivity index (χ4n) is 2.78. The topological polar surface area (TPSA) is 290 Å². The molecule has 2 aromatic rings. The summed E-state index contributed by atoms with van der Waals surface area (Å²) in [6.45, 7) is -1.98. The van der Waals surface area contributed by atoms with E-state index in [4.69, 9.17) is 40.3 Å². The maximum absolute atomic E-state index is 11.2. The number of aliphatic hydroxyl groups excluding tert-OH is 6. The van der Waals surface area contributed by atoms with Crippen LogP contribution in [0.1, 0.15) is 6.23 Å². The van der Waals surface area contributed by atoms with Crippen molar-refractivity contribution in [3.05, 3.63) is 12.7 Å². The lowest BCUT2D eigenvalue weighted by Gasteiger charge is -2.16. The molecule has 9 N–H and O–H groups in total. The molecule has 0 aliphatic carbocycles. The third-order valence-electron chi connectivity index (χ3n) is 4.52. The summed E-state index contributed by atoms with van der Waals surface area (Å²) in [4.78, 5) is 30.7. The normalized spacial score (nSPS) is 24.4. The number of imidazole rings is 1. The molecular formula is C15H23N5O13P2+2. The highest BCUT2D eigenvalue weighted by molar-refractivity contribution is 7.47.